The summed E-state index contributed by atoms with van der Waals surface area (Å²) in [5, 5.41) is 10.7. The Hall–Kier alpha value is -0.890. The summed E-state index contributed by atoms with van der Waals surface area (Å²) in [7, 11) is 0. The molecule has 2 bridgehead atoms. The first-order valence-electron chi connectivity index (χ1n) is 8.96. The molecule has 0 aromatic carbocycles. The molecular weight excluding hydrogens is 272 g/mol. The van der Waals surface area contributed by atoms with Gasteiger partial charge in [0, 0.05) is 5.41 Å². The van der Waals surface area contributed by atoms with Gasteiger partial charge >= 0.3 is 0 Å². The molecule has 1 fully saturated rings. The van der Waals surface area contributed by atoms with Gasteiger partial charge in [0.15, 0.2) is 5.78 Å². The molecule has 3 aliphatic rings. The highest BCUT2D eigenvalue weighted by Crippen LogP contribution is 2.58. The molecule has 3 rings (SSSR count). The number of ketones is 1. The molecule has 2 heteroatoms. The van der Waals surface area contributed by atoms with E-state index in [0.29, 0.717) is 17.8 Å². The van der Waals surface area contributed by atoms with E-state index in [4.69, 9.17) is 0 Å². The van der Waals surface area contributed by atoms with Gasteiger partial charge in [-0.2, -0.15) is 0 Å². The molecule has 22 heavy (non-hydrogen) atoms. The van der Waals surface area contributed by atoms with E-state index in [0.717, 1.165) is 37.7 Å². The van der Waals surface area contributed by atoms with Gasteiger partial charge in [-0.3, -0.25) is 4.79 Å². The third kappa shape index (κ3) is 2.31. The third-order valence-electron chi connectivity index (χ3n) is 6.83. The summed E-state index contributed by atoms with van der Waals surface area (Å²) in [6.07, 6.45) is 6.64. The average Bonchev–Trinajstić information content (AvgIpc) is 2.83. The van der Waals surface area contributed by atoms with Gasteiger partial charge in [0.1, 0.15) is 6.10 Å². The Morgan fingerprint density at radius 3 is 2.68 bits per heavy atom. The molecule has 0 aromatic rings. The van der Waals surface area contributed by atoms with Crippen LogP contribution in [0.4, 0.5) is 0 Å². The number of aliphatic hydroxyl groups excluding tert-OH is 1. The highest BCUT2D eigenvalue weighted by Gasteiger charge is 2.56. The van der Waals surface area contributed by atoms with Crippen LogP contribution < -0.4 is 0 Å². The summed E-state index contributed by atoms with van der Waals surface area (Å²) in [5.41, 5.74) is 3.26. The largest absolute Gasteiger partial charge is 0.384 e. The van der Waals surface area contributed by atoms with Gasteiger partial charge in [0.2, 0.25) is 0 Å². The van der Waals surface area contributed by atoms with Gasteiger partial charge < -0.3 is 5.11 Å². The Morgan fingerprint density at radius 1 is 1.23 bits per heavy atom. The number of hydrogen-bond acceptors (Lipinski definition) is 2. The maximum Gasteiger partial charge on any atom is 0.187 e. The van der Waals surface area contributed by atoms with Gasteiger partial charge in [-0.05, 0) is 68.8 Å². The topological polar surface area (TPSA) is 37.3 Å². The minimum absolute atomic E-state index is 0.00830. The molecule has 3 aliphatic carbocycles. The van der Waals surface area contributed by atoms with Crippen LogP contribution in [0.3, 0.4) is 0 Å². The van der Waals surface area contributed by atoms with Gasteiger partial charge in [-0.15, -0.1) is 0 Å². The zero-order valence-electron chi connectivity index (χ0n) is 14.3. The molecule has 1 N–H and O–H groups in total. The van der Waals surface area contributed by atoms with Gasteiger partial charge in [0.25, 0.3) is 0 Å². The van der Waals surface area contributed by atoms with Crippen LogP contribution in [0.1, 0.15) is 65.7 Å². The van der Waals surface area contributed by atoms with Gasteiger partial charge in [-0.25, -0.2) is 0 Å². The minimum atomic E-state index is -0.815. The molecule has 0 spiro atoms. The average molecular weight is 302 g/mol. The lowest BCUT2D eigenvalue weighted by atomic mass is 9.61. The molecule has 0 saturated heterocycles. The minimum Gasteiger partial charge on any atom is -0.384 e. The molecule has 0 heterocycles. The Kier molecular flexibility index (Phi) is 4.09. The zero-order chi connectivity index (χ0) is 16.1. The van der Waals surface area contributed by atoms with Crippen molar-refractivity contribution in [2.75, 3.05) is 0 Å². The summed E-state index contributed by atoms with van der Waals surface area (Å²) in [6, 6.07) is 0. The number of carbonyl (C=O) groups is 1. The summed E-state index contributed by atoms with van der Waals surface area (Å²) in [6.45, 7) is 10.9. The van der Waals surface area contributed by atoms with Crippen LogP contribution in [0.25, 0.3) is 0 Å². The van der Waals surface area contributed by atoms with E-state index in [9.17, 15) is 9.90 Å². The smallest absolute Gasteiger partial charge is 0.187 e. The SMILES string of the molecule is C=C1CCC[C@@H](C)CCC2=C(C)[C@@H]3[C@@H]1CC[C@]3(C)[C@@H](O)C2=O. The van der Waals surface area contributed by atoms with Crippen LogP contribution in [0, 0.1) is 23.2 Å². The first-order valence-corrected chi connectivity index (χ1v) is 8.96. The van der Waals surface area contributed by atoms with E-state index in [-0.39, 0.29) is 11.2 Å². The molecule has 122 valence electrons. The summed E-state index contributed by atoms with van der Waals surface area (Å²) < 4.78 is 0. The van der Waals surface area contributed by atoms with E-state index in [1.807, 2.05) is 0 Å². The lowest BCUT2D eigenvalue weighted by Crippen LogP contribution is -2.48. The monoisotopic (exact) mass is 302 g/mol. The molecule has 0 aromatic heterocycles. The number of Topliss-reactive ketones (excluding diaryl/α,β-unsaturated/α-hetero) is 1. The van der Waals surface area contributed by atoms with Crippen molar-refractivity contribution in [2.45, 2.75) is 71.8 Å². The lowest BCUT2D eigenvalue weighted by molar-refractivity contribution is -0.133. The standard InChI is InChI=1S/C20H30O2/c1-12-6-5-7-13(2)15-10-11-20(4)17(15)14(3)16(9-8-12)18(21)19(20)22/h12,15,17,19,22H,2,5-11H2,1,3-4H3/t12-,15-,17-,19+,20+/m1/s1. The van der Waals surface area contributed by atoms with Crippen LogP contribution in [-0.2, 0) is 4.79 Å². The number of aliphatic hydroxyl groups is 1. The molecule has 0 amide bonds. The second-order valence-corrected chi connectivity index (χ2v) is 8.25. The summed E-state index contributed by atoms with van der Waals surface area (Å²) in [5.74, 6) is 1.42. The Bertz CT molecular complexity index is 530. The van der Waals surface area contributed by atoms with Crippen LogP contribution in [0.5, 0.6) is 0 Å². The number of rotatable bonds is 0. The highest BCUT2D eigenvalue weighted by atomic mass is 16.3. The van der Waals surface area contributed by atoms with Crippen LogP contribution in [0.15, 0.2) is 23.3 Å². The second kappa shape index (κ2) is 5.63. The van der Waals surface area contributed by atoms with E-state index in [2.05, 4.69) is 27.4 Å². The van der Waals surface area contributed by atoms with Crippen LogP contribution in [-0.4, -0.2) is 17.0 Å². The van der Waals surface area contributed by atoms with Crippen molar-refractivity contribution < 1.29 is 9.90 Å². The number of carbonyl (C=O) groups excluding carboxylic acids is 1. The van der Waals surface area contributed by atoms with E-state index >= 15 is 0 Å². The van der Waals surface area contributed by atoms with Crippen molar-refractivity contribution in [2.24, 2.45) is 23.2 Å². The third-order valence-corrected chi connectivity index (χ3v) is 6.83. The quantitative estimate of drug-likeness (QED) is 0.672. The van der Waals surface area contributed by atoms with Crippen LogP contribution in [0.2, 0.25) is 0 Å². The predicted molar refractivity (Wildman–Crippen MR) is 89.4 cm³/mol. The Balaban J connectivity index is 2.07. The van der Waals surface area contributed by atoms with E-state index in [1.54, 1.807) is 0 Å². The molecule has 0 unspecified atom stereocenters. The maximum atomic E-state index is 12.7. The van der Waals surface area contributed by atoms with Gasteiger partial charge in [0.05, 0.1) is 0 Å². The maximum absolute atomic E-state index is 12.7. The Morgan fingerprint density at radius 2 is 1.95 bits per heavy atom. The fourth-order valence-corrected chi connectivity index (χ4v) is 5.36. The predicted octanol–water partition coefficient (Wildman–Crippen LogP) is 4.44. The fraction of sp³-hybridized carbons (Fsp3) is 0.750. The van der Waals surface area contributed by atoms with Crippen molar-refractivity contribution >= 4 is 5.78 Å². The van der Waals surface area contributed by atoms with Crippen molar-refractivity contribution in [3.05, 3.63) is 23.3 Å². The lowest BCUT2D eigenvalue weighted by Gasteiger charge is -2.43. The van der Waals surface area contributed by atoms with E-state index < -0.39 is 6.10 Å². The zero-order valence-corrected chi connectivity index (χ0v) is 14.3. The normalized spacial score (nSPS) is 43.3. The molecule has 0 radical (unpaired) electrons. The van der Waals surface area contributed by atoms with Crippen molar-refractivity contribution in [1.29, 1.82) is 0 Å². The molecule has 0 aliphatic heterocycles. The molecule has 2 nitrogen and oxygen atoms in total. The summed E-state index contributed by atoms with van der Waals surface area (Å²) >= 11 is 0. The van der Waals surface area contributed by atoms with Crippen molar-refractivity contribution in [1.82, 2.24) is 0 Å². The van der Waals surface area contributed by atoms with Crippen LogP contribution >= 0.6 is 0 Å². The molecule has 1 saturated carbocycles. The van der Waals surface area contributed by atoms with Crippen molar-refractivity contribution in [3.63, 3.8) is 0 Å². The number of allylic oxidation sites excluding steroid dienone is 2. The highest BCUT2D eigenvalue weighted by molar-refractivity contribution is 6.01. The van der Waals surface area contributed by atoms with Crippen molar-refractivity contribution in [3.8, 4) is 0 Å². The second-order valence-electron chi connectivity index (χ2n) is 8.25. The fourth-order valence-electron chi connectivity index (χ4n) is 5.36. The summed E-state index contributed by atoms with van der Waals surface area (Å²) in [4.78, 5) is 12.7. The van der Waals surface area contributed by atoms with Gasteiger partial charge in [-0.1, -0.05) is 38.0 Å². The van der Waals surface area contributed by atoms with E-state index in [1.165, 1.54) is 24.0 Å². The Labute approximate surface area is 134 Å². The number of hydrogen-bond donors (Lipinski definition) is 1. The molecular formula is C20H30O2. The first-order chi connectivity index (χ1) is 10.4. The molecule has 5 atom stereocenters. The first kappa shape index (κ1) is 16.0.